The number of aromatic amines is 1. The van der Waals surface area contributed by atoms with Crippen LogP contribution in [0.3, 0.4) is 0 Å². The van der Waals surface area contributed by atoms with Crippen molar-refractivity contribution in [3.63, 3.8) is 0 Å². The van der Waals surface area contributed by atoms with Crippen LogP contribution in [0.15, 0.2) is 46.9 Å². The van der Waals surface area contributed by atoms with Gasteiger partial charge < -0.3 is 10.1 Å². The molecule has 3 rings (SSSR count). The Labute approximate surface area is 106 Å². The van der Waals surface area contributed by atoms with E-state index < -0.39 is 0 Å². The minimum absolute atomic E-state index is 0.227. The van der Waals surface area contributed by atoms with Crippen molar-refractivity contribution in [2.24, 2.45) is 0 Å². The second-order valence-corrected chi connectivity index (χ2v) is 4.68. The fourth-order valence-electron chi connectivity index (χ4n) is 1.78. The molecular formula is C13H9BrN2O. The Morgan fingerprint density at radius 3 is 2.76 bits per heavy atom. The van der Waals surface area contributed by atoms with Gasteiger partial charge in [-0.25, -0.2) is 4.98 Å². The number of halogens is 1. The van der Waals surface area contributed by atoms with E-state index >= 15 is 0 Å². The molecule has 0 atom stereocenters. The number of aromatic nitrogens is 2. The first-order chi connectivity index (χ1) is 8.24. The molecule has 4 heteroatoms. The van der Waals surface area contributed by atoms with E-state index in [2.05, 4.69) is 25.9 Å². The number of fused-ring (bicyclic) bond motifs is 1. The highest BCUT2D eigenvalue weighted by atomic mass is 79.9. The van der Waals surface area contributed by atoms with Crippen LogP contribution in [0.2, 0.25) is 0 Å². The normalized spacial score (nSPS) is 10.9. The number of hydrogen-bond acceptors (Lipinski definition) is 2. The molecule has 3 aromatic rings. The summed E-state index contributed by atoms with van der Waals surface area (Å²) in [7, 11) is 0. The SMILES string of the molecule is Oc1ccccc1-c1nc2ccc(Br)cc2[nH]1. The number of nitrogens with zero attached hydrogens (tertiary/aromatic N) is 1. The predicted octanol–water partition coefficient (Wildman–Crippen LogP) is 3.70. The van der Waals surface area contributed by atoms with Crippen molar-refractivity contribution in [1.29, 1.82) is 0 Å². The molecule has 2 N–H and O–H groups in total. The van der Waals surface area contributed by atoms with Crippen molar-refractivity contribution in [2.45, 2.75) is 0 Å². The molecule has 0 aliphatic heterocycles. The Bertz CT molecular complexity index is 691. The zero-order valence-electron chi connectivity index (χ0n) is 8.81. The van der Waals surface area contributed by atoms with Crippen LogP contribution in [0.1, 0.15) is 0 Å². The molecule has 3 nitrogen and oxygen atoms in total. The van der Waals surface area contributed by atoms with E-state index in [-0.39, 0.29) is 5.75 Å². The van der Waals surface area contributed by atoms with Gasteiger partial charge in [0, 0.05) is 4.47 Å². The van der Waals surface area contributed by atoms with Crippen molar-refractivity contribution < 1.29 is 5.11 Å². The Kier molecular flexibility index (Phi) is 2.37. The maximum atomic E-state index is 9.77. The molecule has 1 heterocycles. The number of phenols is 1. The maximum Gasteiger partial charge on any atom is 0.142 e. The Morgan fingerprint density at radius 1 is 1.12 bits per heavy atom. The number of rotatable bonds is 1. The molecule has 0 spiro atoms. The van der Waals surface area contributed by atoms with Crippen molar-refractivity contribution >= 4 is 27.0 Å². The summed E-state index contributed by atoms with van der Waals surface area (Å²) in [5, 5.41) is 9.77. The molecule has 0 fully saturated rings. The molecule has 1 aromatic heterocycles. The van der Waals surface area contributed by atoms with E-state index in [4.69, 9.17) is 0 Å². The first kappa shape index (κ1) is 10.4. The first-order valence-electron chi connectivity index (χ1n) is 5.18. The summed E-state index contributed by atoms with van der Waals surface area (Å²) in [4.78, 5) is 7.64. The van der Waals surface area contributed by atoms with Crippen molar-refractivity contribution in [3.05, 3.63) is 46.9 Å². The number of benzene rings is 2. The van der Waals surface area contributed by atoms with Gasteiger partial charge in [0.2, 0.25) is 0 Å². The molecule has 17 heavy (non-hydrogen) atoms. The summed E-state index contributed by atoms with van der Waals surface area (Å²) in [6, 6.07) is 13.0. The summed E-state index contributed by atoms with van der Waals surface area (Å²) in [5.41, 5.74) is 2.53. The Hall–Kier alpha value is -1.81. The highest BCUT2D eigenvalue weighted by molar-refractivity contribution is 9.10. The fourth-order valence-corrected chi connectivity index (χ4v) is 2.14. The van der Waals surface area contributed by atoms with Crippen molar-refractivity contribution in [3.8, 4) is 17.1 Å². The number of phenolic OH excluding ortho intramolecular Hbond substituents is 1. The van der Waals surface area contributed by atoms with Crippen molar-refractivity contribution in [1.82, 2.24) is 9.97 Å². The lowest BCUT2D eigenvalue weighted by Gasteiger charge is -1.98. The van der Waals surface area contributed by atoms with Gasteiger partial charge >= 0.3 is 0 Å². The minimum atomic E-state index is 0.227. The number of aromatic hydroxyl groups is 1. The van der Waals surface area contributed by atoms with E-state index in [0.29, 0.717) is 11.4 Å². The predicted molar refractivity (Wildman–Crippen MR) is 70.9 cm³/mol. The van der Waals surface area contributed by atoms with Gasteiger partial charge in [0.25, 0.3) is 0 Å². The van der Waals surface area contributed by atoms with Gasteiger partial charge in [0.05, 0.1) is 16.6 Å². The molecule has 0 aliphatic rings. The highest BCUT2D eigenvalue weighted by Gasteiger charge is 2.08. The number of H-pyrrole nitrogens is 1. The maximum absolute atomic E-state index is 9.77. The summed E-state index contributed by atoms with van der Waals surface area (Å²) >= 11 is 3.42. The van der Waals surface area contributed by atoms with Gasteiger partial charge in [0.1, 0.15) is 11.6 Å². The van der Waals surface area contributed by atoms with E-state index in [1.807, 2.05) is 30.3 Å². The monoisotopic (exact) mass is 288 g/mol. The summed E-state index contributed by atoms with van der Waals surface area (Å²) in [5.74, 6) is 0.904. The second kappa shape index (κ2) is 3.89. The lowest BCUT2D eigenvalue weighted by atomic mass is 10.2. The standard InChI is InChI=1S/C13H9BrN2O/c14-8-5-6-10-11(7-8)16-13(15-10)9-3-1-2-4-12(9)17/h1-7,17H,(H,15,16). The van der Waals surface area contributed by atoms with Gasteiger partial charge in [0.15, 0.2) is 0 Å². The molecule has 0 aliphatic carbocycles. The third kappa shape index (κ3) is 1.80. The van der Waals surface area contributed by atoms with Crippen LogP contribution in [0, 0.1) is 0 Å². The van der Waals surface area contributed by atoms with E-state index in [1.165, 1.54) is 0 Å². The molecule has 84 valence electrons. The molecule has 0 saturated carbocycles. The Morgan fingerprint density at radius 2 is 1.94 bits per heavy atom. The largest absolute Gasteiger partial charge is 0.507 e. The summed E-state index contributed by atoms with van der Waals surface area (Å²) in [6.45, 7) is 0. The molecule has 0 radical (unpaired) electrons. The zero-order valence-corrected chi connectivity index (χ0v) is 10.4. The lowest BCUT2D eigenvalue weighted by Crippen LogP contribution is -1.80. The Balaban J connectivity index is 2.22. The number of imidazole rings is 1. The van der Waals surface area contributed by atoms with Gasteiger partial charge in [-0.3, -0.25) is 0 Å². The van der Waals surface area contributed by atoms with Crippen LogP contribution in [-0.4, -0.2) is 15.1 Å². The van der Waals surface area contributed by atoms with Crippen LogP contribution >= 0.6 is 15.9 Å². The van der Waals surface area contributed by atoms with Gasteiger partial charge in [-0.15, -0.1) is 0 Å². The van der Waals surface area contributed by atoms with E-state index in [0.717, 1.165) is 15.5 Å². The second-order valence-electron chi connectivity index (χ2n) is 3.76. The van der Waals surface area contributed by atoms with Gasteiger partial charge in [-0.1, -0.05) is 28.1 Å². The number of nitrogens with one attached hydrogen (secondary N) is 1. The number of para-hydroxylation sites is 1. The third-order valence-corrected chi connectivity index (χ3v) is 3.10. The topological polar surface area (TPSA) is 48.9 Å². The molecule has 0 saturated heterocycles. The smallest absolute Gasteiger partial charge is 0.142 e. The van der Waals surface area contributed by atoms with Crippen LogP contribution in [-0.2, 0) is 0 Å². The zero-order chi connectivity index (χ0) is 11.8. The molecule has 0 bridgehead atoms. The van der Waals surface area contributed by atoms with E-state index in [1.54, 1.807) is 12.1 Å². The van der Waals surface area contributed by atoms with Gasteiger partial charge in [-0.05, 0) is 30.3 Å². The van der Waals surface area contributed by atoms with Crippen LogP contribution < -0.4 is 0 Å². The third-order valence-electron chi connectivity index (χ3n) is 2.60. The van der Waals surface area contributed by atoms with Crippen LogP contribution in [0.25, 0.3) is 22.4 Å². The number of hydrogen-bond donors (Lipinski definition) is 2. The molecule has 0 amide bonds. The highest BCUT2D eigenvalue weighted by Crippen LogP contribution is 2.28. The average Bonchev–Trinajstić information content (AvgIpc) is 2.72. The quantitative estimate of drug-likeness (QED) is 0.717. The minimum Gasteiger partial charge on any atom is -0.507 e. The first-order valence-corrected chi connectivity index (χ1v) is 5.97. The van der Waals surface area contributed by atoms with E-state index in [9.17, 15) is 5.11 Å². The lowest BCUT2D eigenvalue weighted by molar-refractivity contribution is 0.477. The average molecular weight is 289 g/mol. The molecule has 0 unspecified atom stereocenters. The molecule has 2 aromatic carbocycles. The van der Waals surface area contributed by atoms with Gasteiger partial charge in [-0.2, -0.15) is 0 Å². The van der Waals surface area contributed by atoms with Crippen molar-refractivity contribution in [2.75, 3.05) is 0 Å². The fraction of sp³-hybridized carbons (Fsp3) is 0. The summed E-state index contributed by atoms with van der Waals surface area (Å²) < 4.78 is 0.998. The van der Waals surface area contributed by atoms with Crippen LogP contribution in [0.4, 0.5) is 0 Å². The van der Waals surface area contributed by atoms with Crippen LogP contribution in [0.5, 0.6) is 5.75 Å². The molecular weight excluding hydrogens is 280 g/mol. The summed E-state index contributed by atoms with van der Waals surface area (Å²) in [6.07, 6.45) is 0.